The van der Waals surface area contributed by atoms with Crippen molar-refractivity contribution in [3.8, 4) is 0 Å². The Morgan fingerprint density at radius 3 is 2.84 bits per heavy atom. The van der Waals surface area contributed by atoms with E-state index >= 15 is 0 Å². The van der Waals surface area contributed by atoms with Gasteiger partial charge >= 0.3 is 0 Å². The van der Waals surface area contributed by atoms with Crippen LogP contribution in [-0.4, -0.2) is 40.5 Å². The lowest BCUT2D eigenvalue weighted by molar-refractivity contribution is -0.118. The third-order valence-corrected chi connectivity index (χ3v) is 4.55. The normalized spacial score (nSPS) is 11.2. The highest BCUT2D eigenvalue weighted by Crippen LogP contribution is 2.17. The van der Waals surface area contributed by atoms with Crippen molar-refractivity contribution in [2.45, 2.75) is 45.0 Å². The van der Waals surface area contributed by atoms with E-state index in [4.69, 9.17) is 4.74 Å². The summed E-state index contributed by atoms with van der Waals surface area (Å²) in [6, 6.07) is 7.27. The summed E-state index contributed by atoms with van der Waals surface area (Å²) in [4.78, 5) is 29.0. The Morgan fingerprint density at radius 2 is 2.12 bits per heavy atom. The Morgan fingerprint density at radius 1 is 1.36 bits per heavy atom. The molecule has 1 amide bonds. The van der Waals surface area contributed by atoms with Crippen LogP contribution in [0, 0.1) is 0 Å². The molecular formula is C18H25N3O3S. The number of amides is 1. The maximum atomic E-state index is 12.5. The first-order chi connectivity index (χ1) is 12.0. The Kier molecular flexibility index (Phi) is 7.46. The van der Waals surface area contributed by atoms with E-state index in [0.717, 1.165) is 6.42 Å². The summed E-state index contributed by atoms with van der Waals surface area (Å²) in [5.74, 6) is 0.162. The number of aromatic nitrogens is 2. The molecule has 0 fully saturated rings. The molecule has 1 N–H and O–H groups in total. The largest absolute Gasteiger partial charge is 0.379 e. The van der Waals surface area contributed by atoms with E-state index in [1.165, 1.54) is 11.8 Å². The van der Waals surface area contributed by atoms with Crippen LogP contribution < -0.4 is 10.9 Å². The molecule has 0 saturated heterocycles. The molecule has 7 heteroatoms. The summed E-state index contributed by atoms with van der Waals surface area (Å²) in [5, 5.41) is 4.03. The highest BCUT2D eigenvalue weighted by atomic mass is 32.2. The molecular weight excluding hydrogens is 338 g/mol. The topological polar surface area (TPSA) is 73.2 Å². The van der Waals surface area contributed by atoms with Gasteiger partial charge in [0.15, 0.2) is 5.16 Å². The number of carbonyl (C=O) groups excluding carboxylic acids is 1. The van der Waals surface area contributed by atoms with Crippen molar-refractivity contribution in [1.82, 2.24) is 14.9 Å². The Hall–Kier alpha value is -1.86. The first-order valence-corrected chi connectivity index (χ1v) is 9.52. The van der Waals surface area contributed by atoms with Crippen molar-refractivity contribution in [3.63, 3.8) is 0 Å². The smallest absolute Gasteiger partial charge is 0.262 e. The molecule has 6 nitrogen and oxygen atoms in total. The molecule has 0 unspecified atom stereocenters. The molecule has 0 aliphatic heterocycles. The first kappa shape index (κ1) is 19.5. The van der Waals surface area contributed by atoms with Crippen LogP contribution >= 0.6 is 11.8 Å². The zero-order valence-electron chi connectivity index (χ0n) is 14.9. The number of hydrogen-bond acceptors (Lipinski definition) is 5. The average molecular weight is 363 g/mol. The fraction of sp³-hybridized carbons (Fsp3) is 0.500. The van der Waals surface area contributed by atoms with Gasteiger partial charge < -0.3 is 10.1 Å². The summed E-state index contributed by atoms with van der Waals surface area (Å²) >= 11 is 1.29. The fourth-order valence-electron chi connectivity index (χ4n) is 2.34. The highest BCUT2D eigenvalue weighted by molar-refractivity contribution is 7.99. The molecule has 1 aromatic carbocycles. The van der Waals surface area contributed by atoms with Crippen LogP contribution in [0.4, 0.5) is 0 Å². The molecule has 25 heavy (non-hydrogen) atoms. The van der Waals surface area contributed by atoms with Gasteiger partial charge in [-0.3, -0.25) is 14.2 Å². The van der Waals surface area contributed by atoms with E-state index in [2.05, 4.69) is 10.3 Å². The van der Waals surface area contributed by atoms with Gasteiger partial charge in [0, 0.05) is 19.7 Å². The molecule has 0 radical (unpaired) electrons. The molecule has 2 aromatic rings. The van der Waals surface area contributed by atoms with Crippen molar-refractivity contribution in [2.24, 2.45) is 0 Å². The van der Waals surface area contributed by atoms with E-state index in [-0.39, 0.29) is 23.3 Å². The second-order valence-corrected chi connectivity index (χ2v) is 6.82. The van der Waals surface area contributed by atoms with Crippen LogP contribution in [0.1, 0.15) is 27.2 Å². The molecule has 0 aliphatic carbocycles. The summed E-state index contributed by atoms with van der Waals surface area (Å²) in [5.41, 5.74) is 0.591. The first-order valence-electron chi connectivity index (χ1n) is 8.53. The second kappa shape index (κ2) is 9.58. The molecule has 0 spiro atoms. The van der Waals surface area contributed by atoms with Crippen LogP contribution in [0.25, 0.3) is 10.9 Å². The van der Waals surface area contributed by atoms with Crippen LogP contribution in [0.2, 0.25) is 0 Å². The Labute approximate surface area is 152 Å². The third kappa shape index (κ3) is 5.57. The van der Waals surface area contributed by atoms with Crippen LogP contribution in [0.5, 0.6) is 0 Å². The van der Waals surface area contributed by atoms with Gasteiger partial charge in [0.1, 0.15) is 0 Å². The average Bonchev–Trinajstić information content (AvgIpc) is 2.59. The van der Waals surface area contributed by atoms with E-state index in [1.54, 1.807) is 10.6 Å². The minimum atomic E-state index is -0.0698. The minimum absolute atomic E-state index is 0.0677. The van der Waals surface area contributed by atoms with Gasteiger partial charge in [0.05, 0.1) is 22.8 Å². The number of thioether (sulfide) groups is 1. The van der Waals surface area contributed by atoms with Gasteiger partial charge in [-0.1, -0.05) is 23.9 Å². The second-order valence-electron chi connectivity index (χ2n) is 5.87. The van der Waals surface area contributed by atoms with Crippen LogP contribution in [0.3, 0.4) is 0 Å². The summed E-state index contributed by atoms with van der Waals surface area (Å²) < 4.78 is 7.04. The number of nitrogens with one attached hydrogen (secondary N) is 1. The number of hydrogen-bond donors (Lipinski definition) is 1. The monoisotopic (exact) mass is 363 g/mol. The molecule has 0 saturated carbocycles. The van der Waals surface area contributed by atoms with Crippen LogP contribution in [0.15, 0.2) is 34.2 Å². The van der Waals surface area contributed by atoms with Crippen molar-refractivity contribution >= 4 is 28.6 Å². The van der Waals surface area contributed by atoms with Gasteiger partial charge in [0.25, 0.3) is 5.56 Å². The standard InChI is InChI=1S/C18H25N3O3S/c1-4-21-17(23)14-8-5-6-9-15(14)20-18(21)25-12-16(22)19-10-7-11-24-13(2)3/h5-6,8-9,13H,4,7,10-12H2,1-3H3,(H,19,22). The lowest BCUT2D eigenvalue weighted by Crippen LogP contribution is -2.28. The maximum absolute atomic E-state index is 12.5. The molecule has 2 rings (SSSR count). The van der Waals surface area contributed by atoms with Gasteiger partial charge in [-0.05, 0) is 39.3 Å². The fourth-order valence-corrected chi connectivity index (χ4v) is 3.23. The third-order valence-electron chi connectivity index (χ3n) is 3.57. The predicted octanol–water partition coefficient (Wildman–Crippen LogP) is 2.44. The Balaban J connectivity index is 1.94. The number of fused-ring (bicyclic) bond motifs is 1. The lowest BCUT2D eigenvalue weighted by atomic mass is 10.2. The summed E-state index contributed by atoms with van der Waals surface area (Å²) in [6.45, 7) is 7.60. The van der Waals surface area contributed by atoms with Gasteiger partial charge in [-0.25, -0.2) is 4.98 Å². The molecule has 1 aromatic heterocycles. The van der Waals surface area contributed by atoms with Crippen molar-refractivity contribution in [3.05, 3.63) is 34.6 Å². The summed E-state index contributed by atoms with van der Waals surface area (Å²) in [7, 11) is 0. The maximum Gasteiger partial charge on any atom is 0.262 e. The number of para-hydroxylation sites is 1. The predicted molar refractivity (Wildman–Crippen MR) is 101 cm³/mol. The van der Waals surface area contributed by atoms with E-state index < -0.39 is 0 Å². The van der Waals surface area contributed by atoms with Gasteiger partial charge in [-0.15, -0.1) is 0 Å². The zero-order chi connectivity index (χ0) is 18.2. The number of benzene rings is 1. The van der Waals surface area contributed by atoms with Crippen LogP contribution in [-0.2, 0) is 16.1 Å². The summed E-state index contributed by atoms with van der Waals surface area (Å²) in [6.07, 6.45) is 0.985. The SMILES string of the molecule is CCn1c(SCC(=O)NCCCOC(C)C)nc2ccccc2c1=O. The number of carbonyl (C=O) groups is 1. The van der Waals surface area contributed by atoms with Gasteiger partial charge in [0.2, 0.25) is 5.91 Å². The lowest BCUT2D eigenvalue weighted by Gasteiger charge is -2.11. The van der Waals surface area contributed by atoms with Crippen molar-refractivity contribution in [2.75, 3.05) is 18.9 Å². The quantitative estimate of drug-likeness (QED) is 0.421. The molecule has 0 atom stereocenters. The van der Waals surface area contributed by atoms with E-state index in [9.17, 15) is 9.59 Å². The van der Waals surface area contributed by atoms with Gasteiger partial charge in [-0.2, -0.15) is 0 Å². The Bertz CT molecular complexity index is 774. The van der Waals surface area contributed by atoms with E-state index in [0.29, 0.717) is 35.8 Å². The number of nitrogens with zero attached hydrogens (tertiary/aromatic N) is 2. The number of ether oxygens (including phenoxy) is 1. The molecule has 0 aliphatic rings. The minimum Gasteiger partial charge on any atom is -0.379 e. The molecule has 1 heterocycles. The molecule has 0 bridgehead atoms. The van der Waals surface area contributed by atoms with Crippen molar-refractivity contribution in [1.29, 1.82) is 0 Å². The van der Waals surface area contributed by atoms with E-state index in [1.807, 2.05) is 39.0 Å². The number of rotatable bonds is 9. The zero-order valence-corrected chi connectivity index (χ0v) is 15.8. The molecule has 136 valence electrons. The highest BCUT2D eigenvalue weighted by Gasteiger charge is 2.11. The van der Waals surface area contributed by atoms with Crippen molar-refractivity contribution < 1.29 is 9.53 Å².